The second kappa shape index (κ2) is 9.58. The Balaban J connectivity index is 1.75. The van der Waals surface area contributed by atoms with Gasteiger partial charge < -0.3 is 14.8 Å². The van der Waals surface area contributed by atoms with Gasteiger partial charge in [0.1, 0.15) is 17.5 Å². The van der Waals surface area contributed by atoms with Gasteiger partial charge >= 0.3 is 0 Å². The molecular weight excluding hydrogens is 352 g/mol. The summed E-state index contributed by atoms with van der Waals surface area (Å²) >= 11 is 0. The number of carbonyl (C=O) groups excluding carboxylic acids is 1. The highest BCUT2D eigenvalue weighted by molar-refractivity contribution is 5.95. The minimum atomic E-state index is -0.491. The van der Waals surface area contributed by atoms with Gasteiger partial charge in [0.05, 0.1) is 14.2 Å². The van der Waals surface area contributed by atoms with E-state index < -0.39 is 6.04 Å². The van der Waals surface area contributed by atoms with Crippen molar-refractivity contribution in [1.29, 1.82) is 0 Å². The van der Waals surface area contributed by atoms with Gasteiger partial charge in [-0.25, -0.2) is 0 Å². The highest BCUT2D eigenvalue weighted by Crippen LogP contribution is 2.20. The maximum absolute atomic E-state index is 13.0. The molecule has 0 aromatic heterocycles. The Morgan fingerprint density at radius 2 is 1.57 bits per heavy atom. The average Bonchev–Trinajstić information content (AvgIpc) is 2.75. The fraction of sp³-hybridized carbons (Fsp3) is 0.174. The normalized spacial score (nSPS) is 11.5. The number of hydrogen-bond donors (Lipinski definition) is 2. The number of methoxy groups -OCH3 is 2. The quantitative estimate of drug-likeness (QED) is 0.619. The van der Waals surface area contributed by atoms with Crippen molar-refractivity contribution in [3.05, 3.63) is 90.0 Å². The molecule has 3 aromatic rings. The molecule has 0 bridgehead atoms. The summed E-state index contributed by atoms with van der Waals surface area (Å²) in [5.41, 5.74) is 2.66. The van der Waals surface area contributed by atoms with Crippen molar-refractivity contribution in [1.82, 2.24) is 5.32 Å². The Bertz CT molecular complexity index is 895. The van der Waals surface area contributed by atoms with E-state index in [1.165, 1.54) is 0 Å². The maximum Gasteiger partial charge on any atom is 0.246 e. The Labute approximate surface area is 165 Å². The molecule has 0 aliphatic carbocycles. The Morgan fingerprint density at radius 1 is 0.857 bits per heavy atom. The second-order valence-electron chi connectivity index (χ2n) is 6.29. The first-order valence-electron chi connectivity index (χ1n) is 9.06. The fourth-order valence-corrected chi connectivity index (χ4v) is 2.89. The van der Waals surface area contributed by atoms with Crippen LogP contribution in [0.4, 0.5) is 5.69 Å². The Hall–Kier alpha value is -3.31. The van der Waals surface area contributed by atoms with Gasteiger partial charge in [0.25, 0.3) is 0 Å². The van der Waals surface area contributed by atoms with Gasteiger partial charge in [0, 0.05) is 18.3 Å². The standard InChI is InChI=1S/C23H24N2O3/c1-27-20-13-11-17(12-14-20)16-24-22(18-7-4-3-5-8-18)23(26)25-19-9-6-10-21(15-19)28-2/h3-15,22,24H,16H2,1-2H3,(H,25,26)/t22-/m1/s1. The van der Waals surface area contributed by atoms with Crippen molar-refractivity contribution in [2.24, 2.45) is 0 Å². The molecule has 1 amide bonds. The molecule has 0 aliphatic rings. The van der Waals surface area contributed by atoms with E-state index in [1.54, 1.807) is 20.3 Å². The molecule has 28 heavy (non-hydrogen) atoms. The zero-order valence-corrected chi connectivity index (χ0v) is 16.0. The number of benzene rings is 3. The summed E-state index contributed by atoms with van der Waals surface area (Å²) in [4.78, 5) is 13.0. The largest absolute Gasteiger partial charge is 0.497 e. The Morgan fingerprint density at radius 3 is 2.25 bits per heavy atom. The van der Waals surface area contributed by atoms with Crippen LogP contribution in [0.2, 0.25) is 0 Å². The van der Waals surface area contributed by atoms with Crippen LogP contribution in [0, 0.1) is 0 Å². The van der Waals surface area contributed by atoms with Crippen LogP contribution in [-0.2, 0) is 11.3 Å². The molecular formula is C23H24N2O3. The van der Waals surface area contributed by atoms with Gasteiger partial charge in [-0.1, -0.05) is 48.5 Å². The van der Waals surface area contributed by atoms with Crippen LogP contribution >= 0.6 is 0 Å². The molecule has 144 valence electrons. The van der Waals surface area contributed by atoms with Crippen molar-refractivity contribution in [2.45, 2.75) is 12.6 Å². The predicted molar refractivity (Wildman–Crippen MR) is 111 cm³/mol. The van der Waals surface area contributed by atoms with E-state index in [4.69, 9.17) is 9.47 Å². The van der Waals surface area contributed by atoms with E-state index in [9.17, 15) is 4.79 Å². The lowest BCUT2D eigenvalue weighted by molar-refractivity contribution is -0.118. The third kappa shape index (κ3) is 5.11. The molecule has 0 fully saturated rings. The van der Waals surface area contributed by atoms with Crippen LogP contribution in [0.1, 0.15) is 17.2 Å². The van der Waals surface area contributed by atoms with E-state index in [2.05, 4.69) is 10.6 Å². The molecule has 0 heterocycles. The first-order chi connectivity index (χ1) is 13.7. The first-order valence-corrected chi connectivity index (χ1v) is 9.06. The molecule has 0 saturated heterocycles. The number of nitrogens with one attached hydrogen (secondary N) is 2. The molecule has 0 aliphatic heterocycles. The monoisotopic (exact) mass is 376 g/mol. The van der Waals surface area contributed by atoms with Crippen molar-refractivity contribution in [3.8, 4) is 11.5 Å². The van der Waals surface area contributed by atoms with E-state index >= 15 is 0 Å². The molecule has 3 aromatic carbocycles. The molecule has 5 heteroatoms. The molecule has 0 spiro atoms. The van der Waals surface area contributed by atoms with Crippen LogP contribution < -0.4 is 20.1 Å². The maximum atomic E-state index is 13.0. The predicted octanol–water partition coefficient (Wildman–Crippen LogP) is 4.17. The minimum Gasteiger partial charge on any atom is -0.497 e. The van der Waals surface area contributed by atoms with Crippen molar-refractivity contribution >= 4 is 11.6 Å². The van der Waals surface area contributed by atoms with Gasteiger partial charge in [-0.05, 0) is 35.4 Å². The van der Waals surface area contributed by atoms with Gasteiger partial charge in [-0.15, -0.1) is 0 Å². The van der Waals surface area contributed by atoms with Crippen LogP contribution in [0.5, 0.6) is 11.5 Å². The summed E-state index contributed by atoms with van der Waals surface area (Å²) in [6.45, 7) is 0.551. The minimum absolute atomic E-state index is 0.132. The highest BCUT2D eigenvalue weighted by Gasteiger charge is 2.20. The van der Waals surface area contributed by atoms with E-state index in [0.29, 0.717) is 18.0 Å². The van der Waals surface area contributed by atoms with Crippen LogP contribution in [-0.4, -0.2) is 20.1 Å². The van der Waals surface area contributed by atoms with Crippen LogP contribution in [0.15, 0.2) is 78.9 Å². The van der Waals surface area contributed by atoms with Gasteiger partial charge in [-0.3, -0.25) is 10.1 Å². The summed E-state index contributed by atoms with van der Waals surface area (Å²) in [6, 6.07) is 24.3. The number of carbonyl (C=O) groups is 1. The summed E-state index contributed by atoms with van der Waals surface area (Å²) < 4.78 is 10.4. The lowest BCUT2D eigenvalue weighted by atomic mass is 10.1. The molecule has 0 unspecified atom stereocenters. The molecule has 3 rings (SSSR count). The molecule has 0 saturated carbocycles. The van der Waals surface area contributed by atoms with Gasteiger partial charge in [0.2, 0.25) is 5.91 Å². The lowest BCUT2D eigenvalue weighted by Crippen LogP contribution is -2.32. The third-order valence-corrected chi connectivity index (χ3v) is 4.40. The van der Waals surface area contributed by atoms with Crippen molar-refractivity contribution in [2.75, 3.05) is 19.5 Å². The zero-order valence-electron chi connectivity index (χ0n) is 16.0. The van der Waals surface area contributed by atoms with Crippen molar-refractivity contribution in [3.63, 3.8) is 0 Å². The number of hydrogen-bond acceptors (Lipinski definition) is 4. The smallest absolute Gasteiger partial charge is 0.246 e. The lowest BCUT2D eigenvalue weighted by Gasteiger charge is -2.19. The molecule has 2 N–H and O–H groups in total. The summed E-state index contributed by atoms with van der Waals surface area (Å²) in [6.07, 6.45) is 0. The number of rotatable bonds is 8. The summed E-state index contributed by atoms with van der Waals surface area (Å²) in [5.74, 6) is 1.37. The van der Waals surface area contributed by atoms with Gasteiger partial charge in [0.15, 0.2) is 0 Å². The summed E-state index contributed by atoms with van der Waals surface area (Å²) in [5, 5.41) is 6.32. The zero-order chi connectivity index (χ0) is 19.8. The van der Waals surface area contributed by atoms with E-state index in [0.717, 1.165) is 16.9 Å². The van der Waals surface area contributed by atoms with E-state index in [-0.39, 0.29) is 5.91 Å². The SMILES string of the molecule is COc1ccc(CN[C@@H](C(=O)Nc2cccc(OC)c2)c2ccccc2)cc1. The molecule has 5 nitrogen and oxygen atoms in total. The fourth-order valence-electron chi connectivity index (χ4n) is 2.89. The van der Waals surface area contributed by atoms with Crippen LogP contribution in [0.25, 0.3) is 0 Å². The van der Waals surface area contributed by atoms with Crippen LogP contribution in [0.3, 0.4) is 0 Å². The van der Waals surface area contributed by atoms with E-state index in [1.807, 2.05) is 72.8 Å². The third-order valence-electron chi connectivity index (χ3n) is 4.40. The topological polar surface area (TPSA) is 59.6 Å². The number of amides is 1. The highest BCUT2D eigenvalue weighted by atomic mass is 16.5. The van der Waals surface area contributed by atoms with Gasteiger partial charge in [-0.2, -0.15) is 0 Å². The Kier molecular flexibility index (Phi) is 6.65. The molecule has 0 radical (unpaired) electrons. The first kappa shape index (κ1) is 19.5. The molecule has 1 atom stereocenters. The summed E-state index contributed by atoms with van der Waals surface area (Å²) in [7, 11) is 3.24. The second-order valence-corrected chi connectivity index (χ2v) is 6.29. The number of anilines is 1. The number of ether oxygens (including phenoxy) is 2. The average molecular weight is 376 g/mol. The van der Waals surface area contributed by atoms with Crippen molar-refractivity contribution < 1.29 is 14.3 Å².